The van der Waals surface area contributed by atoms with Crippen LogP contribution in [0, 0.1) is 0 Å². The third kappa shape index (κ3) is 6.21. The lowest BCUT2D eigenvalue weighted by Crippen LogP contribution is -2.04. The molecular formula is C23H31NO2. The number of oxime groups is 1. The molecule has 1 unspecified atom stereocenters. The fraction of sp³-hybridized carbons (Fsp3) is 0.435. The Hall–Kier alpha value is -2.29. The van der Waals surface area contributed by atoms with Gasteiger partial charge in [-0.15, -0.1) is 5.16 Å². The van der Waals surface area contributed by atoms with Gasteiger partial charge in [0.1, 0.15) is 5.75 Å². The number of nitrogens with zero attached hydrogens (tertiary/aromatic N) is 1. The van der Waals surface area contributed by atoms with Crippen LogP contribution in [0.2, 0.25) is 0 Å². The van der Waals surface area contributed by atoms with Crippen LogP contribution >= 0.6 is 0 Å². The molecule has 0 aliphatic heterocycles. The third-order valence-corrected chi connectivity index (χ3v) is 4.87. The van der Waals surface area contributed by atoms with Gasteiger partial charge in [0.2, 0.25) is 0 Å². The van der Waals surface area contributed by atoms with Crippen molar-refractivity contribution in [2.45, 2.75) is 64.2 Å². The summed E-state index contributed by atoms with van der Waals surface area (Å²) in [5.41, 5.74) is 3.07. The summed E-state index contributed by atoms with van der Waals surface area (Å²) in [4.78, 5) is 0. The summed E-state index contributed by atoms with van der Waals surface area (Å²) in [7, 11) is 0. The normalized spacial score (nSPS) is 12.5. The highest BCUT2D eigenvalue weighted by Crippen LogP contribution is 2.30. The zero-order valence-corrected chi connectivity index (χ0v) is 15.8. The summed E-state index contributed by atoms with van der Waals surface area (Å²) < 4.78 is 0. The molecule has 0 amide bonds. The van der Waals surface area contributed by atoms with E-state index >= 15 is 0 Å². The van der Waals surface area contributed by atoms with Crippen molar-refractivity contribution in [1.29, 1.82) is 0 Å². The zero-order chi connectivity index (χ0) is 18.6. The molecule has 3 heteroatoms. The number of aryl methyl sites for hydroxylation is 1. The van der Waals surface area contributed by atoms with Crippen molar-refractivity contribution in [2.24, 2.45) is 5.16 Å². The van der Waals surface area contributed by atoms with Crippen LogP contribution in [0.25, 0.3) is 0 Å². The number of benzene rings is 2. The van der Waals surface area contributed by atoms with E-state index in [0.717, 1.165) is 17.5 Å². The lowest BCUT2D eigenvalue weighted by Gasteiger charge is -2.15. The first-order valence-electron chi connectivity index (χ1n) is 9.80. The van der Waals surface area contributed by atoms with Gasteiger partial charge in [-0.1, -0.05) is 87.9 Å². The molecule has 1 atom stereocenters. The number of para-hydroxylation sites is 1. The number of aromatic hydroxyl groups is 1. The van der Waals surface area contributed by atoms with E-state index in [4.69, 9.17) is 5.21 Å². The second kappa shape index (κ2) is 11.3. The predicted molar refractivity (Wildman–Crippen MR) is 108 cm³/mol. The lowest BCUT2D eigenvalue weighted by molar-refractivity contribution is 0.320. The first-order chi connectivity index (χ1) is 12.8. The first kappa shape index (κ1) is 20.0. The first-order valence-corrected chi connectivity index (χ1v) is 9.80. The number of rotatable bonds is 11. The minimum absolute atomic E-state index is 0.217. The SMILES string of the molecule is CCCCCCCCCc1cccc(C(C=NO)c2ccccc2O)c1. The van der Waals surface area contributed by atoms with Gasteiger partial charge in [0.25, 0.3) is 0 Å². The van der Waals surface area contributed by atoms with Crippen molar-refractivity contribution < 1.29 is 10.3 Å². The number of unbranched alkanes of at least 4 members (excludes halogenated alkanes) is 6. The van der Waals surface area contributed by atoms with E-state index in [1.807, 2.05) is 24.3 Å². The van der Waals surface area contributed by atoms with E-state index in [1.54, 1.807) is 12.1 Å². The summed E-state index contributed by atoms with van der Waals surface area (Å²) >= 11 is 0. The molecule has 140 valence electrons. The average Bonchev–Trinajstić information content (AvgIpc) is 2.66. The maximum absolute atomic E-state index is 10.2. The minimum Gasteiger partial charge on any atom is -0.508 e. The van der Waals surface area contributed by atoms with E-state index in [0.29, 0.717) is 0 Å². The van der Waals surface area contributed by atoms with Crippen molar-refractivity contribution in [1.82, 2.24) is 0 Å². The van der Waals surface area contributed by atoms with Crippen LogP contribution in [0.1, 0.15) is 74.5 Å². The quantitative estimate of drug-likeness (QED) is 0.216. The number of phenolic OH excluding ortho intramolecular Hbond substituents is 1. The van der Waals surface area contributed by atoms with Gasteiger partial charge in [0, 0.05) is 5.56 Å². The highest BCUT2D eigenvalue weighted by Gasteiger charge is 2.16. The smallest absolute Gasteiger partial charge is 0.119 e. The number of hydrogen-bond donors (Lipinski definition) is 2. The van der Waals surface area contributed by atoms with Crippen LogP contribution in [0.15, 0.2) is 53.7 Å². The van der Waals surface area contributed by atoms with Crippen molar-refractivity contribution in [3.63, 3.8) is 0 Å². The standard InChI is InChI=1S/C23H31NO2/c1-2-3-4-5-6-7-8-12-19-13-11-14-20(17-19)22(18-24-26)21-15-9-10-16-23(21)25/h9-11,13-18,22,25-26H,2-8,12H2,1H3. The molecule has 0 spiro atoms. The Morgan fingerprint density at radius 1 is 0.923 bits per heavy atom. The molecule has 0 aromatic heterocycles. The van der Waals surface area contributed by atoms with Crippen molar-refractivity contribution in [2.75, 3.05) is 0 Å². The van der Waals surface area contributed by atoms with Crippen LogP contribution < -0.4 is 0 Å². The van der Waals surface area contributed by atoms with Crippen LogP contribution in [-0.2, 0) is 6.42 Å². The van der Waals surface area contributed by atoms with E-state index in [9.17, 15) is 5.11 Å². The Bertz CT molecular complexity index is 681. The van der Waals surface area contributed by atoms with E-state index in [2.05, 4.69) is 24.2 Å². The fourth-order valence-electron chi connectivity index (χ4n) is 3.39. The van der Waals surface area contributed by atoms with E-state index in [1.165, 1.54) is 56.7 Å². The molecule has 0 bridgehead atoms. The maximum atomic E-state index is 10.2. The summed E-state index contributed by atoms with van der Waals surface area (Å²) in [6, 6.07) is 15.6. The molecule has 0 aliphatic rings. The molecule has 0 fully saturated rings. The van der Waals surface area contributed by atoms with Crippen molar-refractivity contribution >= 4 is 6.21 Å². The van der Waals surface area contributed by atoms with Gasteiger partial charge >= 0.3 is 0 Å². The summed E-state index contributed by atoms with van der Waals surface area (Å²) in [6.07, 6.45) is 11.7. The number of phenols is 1. The van der Waals surface area contributed by atoms with Gasteiger partial charge in [0.15, 0.2) is 0 Å². The lowest BCUT2D eigenvalue weighted by atomic mass is 9.90. The highest BCUT2D eigenvalue weighted by atomic mass is 16.4. The summed E-state index contributed by atoms with van der Waals surface area (Å²) in [5, 5.41) is 22.5. The van der Waals surface area contributed by atoms with Gasteiger partial charge in [-0.2, -0.15) is 0 Å². The van der Waals surface area contributed by atoms with Crippen LogP contribution in [0.5, 0.6) is 5.75 Å². The highest BCUT2D eigenvalue weighted by molar-refractivity contribution is 5.74. The van der Waals surface area contributed by atoms with Crippen molar-refractivity contribution in [3.8, 4) is 5.75 Å². The molecule has 0 saturated carbocycles. The van der Waals surface area contributed by atoms with Crippen LogP contribution in [0.3, 0.4) is 0 Å². The minimum atomic E-state index is -0.254. The number of hydrogen-bond acceptors (Lipinski definition) is 3. The molecule has 0 saturated heterocycles. The molecule has 2 rings (SSSR count). The topological polar surface area (TPSA) is 52.8 Å². The zero-order valence-electron chi connectivity index (χ0n) is 15.8. The molecule has 3 nitrogen and oxygen atoms in total. The largest absolute Gasteiger partial charge is 0.508 e. The molecule has 2 aromatic rings. The Kier molecular flexibility index (Phi) is 8.74. The van der Waals surface area contributed by atoms with E-state index < -0.39 is 0 Å². The molecule has 2 N–H and O–H groups in total. The Morgan fingerprint density at radius 3 is 2.38 bits per heavy atom. The Labute approximate surface area is 157 Å². The Balaban J connectivity index is 1.99. The molecule has 26 heavy (non-hydrogen) atoms. The summed E-state index contributed by atoms with van der Waals surface area (Å²) in [6.45, 7) is 2.25. The average molecular weight is 354 g/mol. The van der Waals surface area contributed by atoms with Gasteiger partial charge in [0.05, 0.1) is 12.1 Å². The van der Waals surface area contributed by atoms with Gasteiger partial charge in [-0.25, -0.2) is 0 Å². The second-order valence-electron chi connectivity index (χ2n) is 6.92. The van der Waals surface area contributed by atoms with E-state index in [-0.39, 0.29) is 11.7 Å². The van der Waals surface area contributed by atoms with Gasteiger partial charge in [-0.05, 0) is 30.0 Å². The third-order valence-electron chi connectivity index (χ3n) is 4.87. The van der Waals surface area contributed by atoms with Gasteiger partial charge in [-0.3, -0.25) is 0 Å². The van der Waals surface area contributed by atoms with Crippen LogP contribution in [-0.4, -0.2) is 16.5 Å². The summed E-state index contributed by atoms with van der Waals surface area (Å²) in [5.74, 6) is -0.0370. The van der Waals surface area contributed by atoms with Gasteiger partial charge < -0.3 is 10.3 Å². The fourth-order valence-corrected chi connectivity index (χ4v) is 3.39. The predicted octanol–water partition coefficient (Wildman–Crippen LogP) is 6.28. The monoisotopic (exact) mass is 353 g/mol. The van der Waals surface area contributed by atoms with Crippen molar-refractivity contribution in [3.05, 3.63) is 65.2 Å². The molecule has 0 aliphatic carbocycles. The Morgan fingerprint density at radius 2 is 1.65 bits per heavy atom. The molecule has 0 radical (unpaired) electrons. The molecule has 0 heterocycles. The van der Waals surface area contributed by atoms with Crippen LogP contribution in [0.4, 0.5) is 0 Å². The second-order valence-corrected chi connectivity index (χ2v) is 6.92. The maximum Gasteiger partial charge on any atom is 0.119 e. The molecule has 2 aromatic carbocycles. The molecular weight excluding hydrogens is 322 g/mol.